The quantitative estimate of drug-likeness (QED) is 0.669. The zero-order valence-electron chi connectivity index (χ0n) is 7.47. The maximum absolute atomic E-state index is 10.7. The molecule has 72 valence electrons. The van der Waals surface area contributed by atoms with Gasteiger partial charge in [-0.05, 0) is 0 Å². The fourth-order valence-electron chi connectivity index (χ4n) is 0.944. The molecule has 1 aromatic rings. The van der Waals surface area contributed by atoms with Crippen LogP contribution in [0.4, 0.5) is 0 Å². The van der Waals surface area contributed by atoms with Crippen molar-refractivity contribution >= 4 is 10.0 Å². The lowest BCUT2D eigenvalue weighted by Gasteiger charge is -1.98. The van der Waals surface area contributed by atoms with Crippen molar-refractivity contribution in [2.45, 2.75) is 6.54 Å². The van der Waals surface area contributed by atoms with Crippen LogP contribution in [0.5, 0.6) is 0 Å². The monoisotopic (exact) mass is 201 g/mol. The Kier molecular flexibility index (Phi) is 3.39. The smallest absolute Gasteiger partial charge is 0.208 e. The first-order chi connectivity index (χ1) is 6.08. The summed E-state index contributed by atoms with van der Waals surface area (Å²) in [4.78, 5) is 0. The van der Waals surface area contributed by atoms with Gasteiger partial charge in [0.1, 0.15) is 0 Å². The Morgan fingerprint density at radius 3 is 2.38 bits per heavy atom. The van der Waals surface area contributed by atoms with Crippen molar-refractivity contribution in [2.24, 2.45) is 0 Å². The second kappa shape index (κ2) is 4.34. The first kappa shape index (κ1) is 10.1. The molecular weight excluding hydrogens is 188 g/mol. The first-order valence-electron chi connectivity index (χ1n) is 3.97. The molecule has 0 aliphatic carbocycles. The van der Waals surface area contributed by atoms with Crippen molar-refractivity contribution in [1.29, 1.82) is 0 Å². The highest BCUT2D eigenvalue weighted by Gasteiger charge is 2.02. The van der Waals surface area contributed by atoms with Gasteiger partial charge in [0.2, 0.25) is 10.0 Å². The topological polar surface area (TPSA) is 50.1 Å². The Labute approximate surface area is 78.3 Å². The average molecular weight is 201 g/mol. The van der Waals surface area contributed by atoms with Crippen LogP contribution in [0.3, 0.4) is 0 Å². The van der Waals surface area contributed by atoms with E-state index in [0.717, 1.165) is 6.26 Å². The van der Waals surface area contributed by atoms with Gasteiger partial charge < -0.3 is 0 Å². The minimum absolute atomic E-state index is 0.424. The molecule has 0 spiro atoms. The second-order valence-corrected chi connectivity index (χ2v) is 4.61. The molecule has 0 unspecified atom stereocenters. The van der Waals surface area contributed by atoms with E-state index in [-0.39, 0.29) is 0 Å². The number of nitrogens with one attached hydrogen (secondary N) is 1. The molecule has 0 saturated carbocycles. The van der Waals surface area contributed by atoms with Crippen LogP contribution < -0.4 is 9.29 Å². The third-order valence-corrected chi connectivity index (χ3v) is 2.24. The molecule has 0 aliphatic heterocycles. The molecule has 0 atom stereocenters. The van der Waals surface area contributed by atoms with Crippen LogP contribution in [-0.4, -0.2) is 21.2 Å². The minimum atomic E-state index is -3.06. The van der Waals surface area contributed by atoms with Crippen molar-refractivity contribution in [1.82, 2.24) is 4.72 Å². The van der Waals surface area contributed by atoms with Gasteiger partial charge in [0.25, 0.3) is 0 Å². The summed E-state index contributed by atoms with van der Waals surface area (Å²) in [5, 5.41) is 0. The summed E-state index contributed by atoms with van der Waals surface area (Å²) < 4.78 is 25.7. The first-order valence-corrected chi connectivity index (χ1v) is 5.86. The van der Waals surface area contributed by atoms with Crippen molar-refractivity contribution in [3.8, 4) is 0 Å². The van der Waals surface area contributed by atoms with Gasteiger partial charge in [-0.15, -0.1) is 0 Å². The second-order valence-electron chi connectivity index (χ2n) is 2.78. The van der Waals surface area contributed by atoms with Crippen LogP contribution in [0, 0.1) is 0 Å². The highest BCUT2D eigenvalue weighted by Crippen LogP contribution is 1.77. The SMILES string of the molecule is CS(=O)(=O)NCC[n+]1ccccc1. The summed E-state index contributed by atoms with van der Waals surface area (Å²) in [5.41, 5.74) is 0. The summed E-state index contributed by atoms with van der Waals surface area (Å²) >= 11 is 0. The van der Waals surface area contributed by atoms with Crippen molar-refractivity contribution in [3.63, 3.8) is 0 Å². The Morgan fingerprint density at radius 2 is 1.85 bits per heavy atom. The van der Waals surface area contributed by atoms with Gasteiger partial charge in [-0.1, -0.05) is 6.07 Å². The molecule has 1 heterocycles. The number of pyridine rings is 1. The molecular formula is C8H13N2O2S+. The van der Waals surface area contributed by atoms with Crippen LogP contribution in [0.2, 0.25) is 0 Å². The number of hydrogen-bond acceptors (Lipinski definition) is 2. The zero-order chi connectivity index (χ0) is 9.73. The van der Waals surface area contributed by atoms with E-state index in [1.54, 1.807) is 0 Å². The molecule has 0 aromatic carbocycles. The number of nitrogens with zero attached hydrogens (tertiary/aromatic N) is 1. The molecule has 1 aromatic heterocycles. The molecule has 1 rings (SSSR count). The molecule has 5 heteroatoms. The minimum Gasteiger partial charge on any atom is -0.213 e. The molecule has 0 fully saturated rings. The normalized spacial score (nSPS) is 11.5. The number of sulfonamides is 1. The lowest BCUT2D eigenvalue weighted by atomic mass is 10.5. The molecule has 0 aliphatic rings. The maximum atomic E-state index is 10.7. The van der Waals surface area contributed by atoms with Crippen LogP contribution in [0.1, 0.15) is 0 Å². The maximum Gasteiger partial charge on any atom is 0.208 e. The summed E-state index contributed by atoms with van der Waals surface area (Å²) in [5.74, 6) is 0. The van der Waals surface area contributed by atoms with E-state index < -0.39 is 10.0 Å². The summed E-state index contributed by atoms with van der Waals surface area (Å²) in [7, 11) is -3.06. The molecule has 0 bridgehead atoms. The van der Waals surface area contributed by atoms with Gasteiger partial charge in [-0.3, -0.25) is 0 Å². The van der Waals surface area contributed by atoms with E-state index in [4.69, 9.17) is 0 Å². The van der Waals surface area contributed by atoms with E-state index in [1.807, 2.05) is 35.2 Å². The van der Waals surface area contributed by atoms with E-state index in [0.29, 0.717) is 13.1 Å². The van der Waals surface area contributed by atoms with Gasteiger partial charge in [-0.25, -0.2) is 17.7 Å². The summed E-state index contributed by atoms with van der Waals surface area (Å²) in [6, 6.07) is 5.72. The molecule has 0 saturated heterocycles. The standard InChI is InChI=1S/C8H13N2O2S/c1-13(11,12)9-5-8-10-6-3-2-4-7-10/h2-4,6-7,9H,5,8H2,1H3/q+1. The fourth-order valence-corrected chi connectivity index (χ4v) is 1.41. The number of rotatable bonds is 4. The third-order valence-electron chi connectivity index (χ3n) is 1.51. The van der Waals surface area contributed by atoms with Crippen molar-refractivity contribution < 1.29 is 13.0 Å². The van der Waals surface area contributed by atoms with Crippen molar-refractivity contribution in [3.05, 3.63) is 30.6 Å². The number of hydrogen-bond donors (Lipinski definition) is 1. The fraction of sp³-hybridized carbons (Fsp3) is 0.375. The van der Waals surface area contributed by atoms with Gasteiger partial charge in [-0.2, -0.15) is 0 Å². The largest absolute Gasteiger partial charge is 0.213 e. The predicted octanol–water partition coefficient (Wildman–Crippen LogP) is -0.477. The molecule has 0 radical (unpaired) electrons. The van der Waals surface area contributed by atoms with Gasteiger partial charge in [0, 0.05) is 12.1 Å². The van der Waals surface area contributed by atoms with E-state index >= 15 is 0 Å². The molecule has 1 N–H and O–H groups in total. The Morgan fingerprint density at radius 1 is 1.23 bits per heavy atom. The zero-order valence-corrected chi connectivity index (χ0v) is 8.29. The highest BCUT2D eigenvalue weighted by atomic mass is 32.2. The predicted molar refractivity (Wildman–Crippen MR) is 49.5 cm³/mol. The summed E-state index contributed by atoms with van der Waals surface area (Å²) in [6.07, 6.45) is 4.94. The van der Waals surface area contributed by atoms with Crippen LogP contribution in [-0.2, 0) is 16.6 Å². The van der Waals surface area contributed by atoms with E-state index in [1.165, 1.54) is 0 Å². The lowest BCUT2D eigenvalue weighted by molar-refractivity contribution is -0.694. The lowest BCUT2D eigenvalue weighted by Crippen LogP contribution is -2.39. The van der Waals surface area contributed by atoms with Crippen molar-refractivity contribution in [2.75, 3.05) is 12.8 Å². The molecule has 4 nitrogen and oxygen atoms in total. The van der Waals surface area contributed by atoms with E-state index in [2.05, 4.69) is 4.72 Å². The number of aromatic nitrogens is 1. The van der Waals surface area contributed by atoms with Crippen LogP contribution >= 0.6 is 0 Å². The Hall–Kier alpha value is -0.940. The Balaban J connectivity index is 2.37. The van der Waals surface area contributed by atoms with Gasteiger partial charge >= 0.3 is 0 Å². The molecule has 13 heavy (non-hydrogen) atoms. The van der Waals surface area contributed by atoms with Crippen LogP contribution in [0.25, 0.3) is 0 Å². The summed E-state index contributed by atoms with van der Waals surface area (Å²) in [6.45, 7) is 1.07. The van der Waals surface area contributed by atoms with Crippen LogP contribution in [0.15, 0.2) is 30.6 Å². The highest BCUT2D eigenvalue weighted by molar-refractivity contribution is 7.88. The van der Waals surface area contributed by atoms with Gasteiger partial charge in [0.05, 0.1) is 12.8 Å². The third kappa shape index (κ3) is 4.59. The average Bonchev–Trinajstić information content (AvgIpc) is 2.04. The van der Waals surface area contributed by atoms with Gasteiger partial charge in [0.15, 0.2) is 18.9 Å². The molecule has 0 amide bonds. The van der Waals surface area contributed by atoms with E-state index in [9.17, 15) is 8.42 Å². The Bertz CT molecular complexity index is 348.